The largest absolute Gasteiger partial charge is 0.497 e. The molecule has 0 aliphatic rings. The van der Waals surface area contributed by atoms with Crippen LogP contribution < -0.4 is 14.8 Å². The molecule has 1 atom stereocenters. The van der Waals surface area contributed by atoms with Gasteiger partial charge in [-0.2, -0.15) is 0 Å². The van der Waals surface area contributed by atoms with Gasteiger partial charge in [-0.1, -0.05) is 6.07 Å². The van der Waals surface area contributed by atoms with Gasteiger partial charge in [0.15, 0.2) is 0 Å². The lowest BCUT2D eigenvalue weighted by Gasteiger charge is -2.20. The molecule has 2 rings (SSSR count). The molecule has 1 unspecified atom stereocenters. The molecule has 1 aromatic heterocycles. The molecule has 114 valence electrons. The Labute approximate surface area is 125 Å². The van der Waals surface area contributed by atoms with Crippen molar-refractivity contribution in [1.29, 1.82) is 0 Å². The number of imidazole rings is 1. The van der Waals surface area contributed by atoms with E-state index < -0.39 is 0 Å². The lowest BCUT2D eigenvalue weighted by atomic mass is 10.0. The van der Waals surface area contributed by atoms with E-state index in [-0.39, 0.29) is 6.04 Å². The lowest BCUT2D eigenvalue weighted by molar-refractivity contribution is 0.385. The number of likely N-dealkylation sites (N-methyl/N-ethyl adjacent to an activating group) is 1. The average molecular weight is 289 g/mol. The highest BCUT2D eigenvalue weighted by Gasteiger charge is 2.18. The van der Waals surface area contributed by atoms with E-state index in [0.717, 1.165) is 35.9 Å². The van der Waals surface area contributed by atoms with Crippen molar-refractivity contribution in [3.63, 3.8) is 0 Å². The summed E-state index contributed by atoms with van der Waals surface area (Å²) >= 11 is 0. The summed E-state index contributed by atoms with van der Waals surface area (Å²) in [7, 11) is 5.29. The standard InChI is InChI=1S/C16H23N3O2/c1-5-19-9-8-18-16(19)11-14(17-2)13-7-6-12(20-3)10-15(13)21-4/h6-10,14,17H,5,11H2,1-4H3. The van der Waals surface area contributed by atoms with Crippen LogP contribution >= 0.6 is 0 Å². The number of aromatic nitrogens is 2. The van der Waals surface area contributed by atoms with Gasteiger partial charge in [-0.3, -0.25) is 0 Å². The van der Waals surface area contributed by atoms with Gasteiger partial charge in [0.25, 0.3) is 0 Å². The highest BCUT2D eigenvalue weighted by molar-refractivity contribution is 5.42. The summed E-state index contributed by atoms with van der Waals surface area (Å²) < 4.78 is 12.9. The first-order chi connectivity index (χ1) is 10.2. The molecule has 21 heavy (non-hydrogen) atoms. The molecule has 5 heteroatoms. The van der Waals surface area contributed by atoms with Crippen molar-refractivity contribution in [2.45, 2.75) is 25.9 Å². The molecule has 1 heterocycles. The van der Waals surface area contributed by atoms with Crippen LogP contribution in [-0.4, -0.2) is 30.8 Å². The zero-order chi connectivity index (χ0) is 15.2. The number of benzene rings is 1. The summed E-state index contributed by atoms with van der Waals surface area (Å²) in [6.45, 7) is 3.04. The molecule has 0 aliphatic heterocycles. The zero-order valence-corrected chi connectivity index (χ0v) is 13.1. The molecule has 5 nitrogen and oxygen atoms in total. The number of nitrogens with one attached hydrogen (secondary N) is 1. The van der Waals surface area contributed by atoms with E-state index in [0.29, 0.717) is 0 Å². The van der Waals surface area contributed by atoms with E-state index in [1.165, 1.54) is 0 Å². The Hall–Kier alpha value is -2.01. The van der Waals surface area contributed by atoms with E-state index in [1.807, 2.05) is 37.6 Å². The second kappa shape index (κ2) is 7.13. The average Bonchev–Trinajstić information content (AvgIpc) is 2.99. The van der Waals surface area contributed by atoms with Gasteiger partial charge < -0.3 is 19.4 Å². The van der Waals surface area contributed by atoms with Crippen LogP contribution in [0.25, 0.3) is 0 Å². The normalized spacial score (nSPS) is 12.2. The van der Waals surface area contributed by atoms with Crippen LogP contribution in [-0.2, 0) is 13.0 Å². The molecule has 2 aromatic rings. The van der Waals surface area contributed by atoms with Crippen LogP contribution in [0.3, 0.4) is 0 Å². The summed E-state index contributed by atoms with van der Waals surface area (Å²) in [6.07, 6.45) is 4.66. The van der Waals surface area contributed by atoms with Crippen molar-refractivity contribution in [3.8, 4) is 11.5 Å². The van der Waals surface area contributed by atoms with Crippen molar-refractivity contribution < 1.29 is 9.47 Å². The fraction of sp³-hybridized carbons (Fsp3) is 0.438. The predicted molar refractivity (Wildman–Crippen MR) is 83.0 cm³/mol. The molecule has 0 saturated heterocycles. The van der Waals surface area contributed by atoms with Gasteiger partial charge in [-0.15, -0.1) is 0 Å². The van der Waals surface area contributed by atoms with Crippen LogP contribution in [0.4, 0.5) is 0 Å². The van der Waals surface area contributed by atoms with Crippen molar-refractivity contribution in [2.75, 3.05) is 21.3 Å². The number of ether oxygens (including phenoxy) is 2. The monoisotopic (exact) mass is 289 g/mol. The number of rotatable bonds is 7. The first-order valence-corrected chi connectivity index (χ1v) is 7.12. The van der Waals surface area contributed by atoms with Crippen LogP contribution in [0.15, 0.2) is 30.6 Å². The number of methoxy groups -OCH3 is 2. The van der Waals surface area contributed by atoms with E-state index in [1.54, 1.807) is 14.2 Å². The first kappa shape index (κ1) is 15.4. The van der Waals surface area contributed by atoms with Gasteiger partial charge in [-0.05, 0) is 20.0 Å². The van der Waals surface area contributed by atoms with Crippen LogP contribution in [0, 0.1) is 0 Å². The number of hydrogen-bond acceptors (Lipinski definition) is 4. The minimum atomic E-state index is 0.138. The second-order valence-electron chi connectivity index (χ2n) is 4.78. The highest BCUT2D eigenvalue weighted by Crippen LogP contribution is 2.30. The lowest BCUT2D eigenvalue weighted by Crippen LogP contribution is -2.21. The predicted octanol–water partition coefficient (Wildman–Crippen LogP) is 2.42. The number of hydrogen-bond donors (Lipinski definition) is 1. The third kappa shape index (κ3) is 3.36. The van der Waals surface area contributed by atoms with Gasteiger partial charge in [0.1, 0.15) is 17.3 Å². The Morgan fingerprint density at radius 1 is 1.29 bits per heavy atom. The molecule has 0 spiro atoms. The molecule has 0 amide bonds. The van der Waals surface area contributed by atoms with Crippen LogP contribution in [0.5, 0.6) is 11.5 Å². The fourth-order valence-electron chi connectivity index (χ4n) is 2.47. The summed E-state index contributed by atoms with van der Waals surface area (Å²) in [6, 6.07) is 6.04. The van der Waals surface area contributed by atoms with Gasteiger partial charge in [0, 0.05) is 43.0 Å². The summed E-state index contributed by atoms with van der Waals surface area (Å²) in [5.41, 5.74) is 1.10. The van der Waals surface area contributed by atoms with Gasteiger partial charge >= 0.3 is 0 Å². The maximum absolute atomic E-state index is 5.50. The van der Waals surface area contributed by atoms with Gasteiger partial charge in [0.2, 0.25) is 0 Å². The van der Waals surface area contributed by atoms with Crippen molar-refractivity contribution in [1.82, 2.24) is 14.9 Å². The SMILES string of the molecule is CCn1ccnc1CC(NC)c1ccc(OC)cc1OC. The Kier molecular flexibility index (Phi) is 5.22. The molecule has 0 bridgehead atoms. The quantitative estimate of drug-likeness (QED) is 0.850. The topological polar surface area (TPSA) is 48.3 Å². The molecular formula is C16H23N3O2. The maximum atomic E-state index is 5.50. The van der Waals surface area contributed by atoms with E-state index in [2.05, 4.69) is 21.8 Å². The minimum Gasteiger partial charge on any atom is -0.497 e. The van der Waals surface area contributed by atoms with Gasteiger partial charge in [0.05, 0.1) is 14.2 Å². The molecule has 0 radical (unpaired) electrons. The van der Waals surface area contributed by atoms with E-state index in [9.17, 15) is 0 Å². The highest BCUT2D eigenvalue weighted by atomic mass is 16.5. The Balaban J connectivity index is 2.29. The molecular weight excluding hydrogens is 266 g/mol. The Morgan fingerprint density at radius 2 is 2.10 bits per heavy atom. The molecule has 1 N–H and O–H groups in total. The minimum absolute atomic E-state index is 0.138. The van der Waals surface area contributed by atoms with E-state index in [4.69, 9.17) is 9.47 Å². The number of nitrogens with zero attached hydrogens (tertiary/aromatic N) is 2. The smallest absolute Gasteiger partial charge is 0.127 e. The van der Waals surface area contributed by atoms with Crippen LogP contribution in [0.1, 0.15) is 24.4 Å². The molecule has 0 fully saturated rings. The first-order valence-electron chi connectivity index (χ1n) is 7.12. The van der Waals surface area contributed by atoms with Crippen molar-refractivity contribution in [3.05, 3.63) is 42.0 Å². The fourth-order valence-corrected chi connectivity index (χ4v) is 2.47. The number of aryl methyl sites for hydroxylation is 1. The Bertz CT molecular complexity index is 581. The van der Waals surface area contributed by atoms with Crippen LogP contribution in [0.2, 0.25) is 0 Å². The summed E-state index contributed by atoms with van der Waals surface area (Å²) in [5.74, 6) is 2.68. The Morgan fingerprint density at radius 3 is 2.71 bits per heavy atom. The molecule has 0 aliphatic carbocycles. The van der Waals surface area contributed by atoms with Crippen molar-refractivity contribution in [2.24, 2.45) is 0 Å². The second-order valence-corrected chi connectivity index (χ2v) is 4.78. The molecule has 1 aromatic carbocycles. The third-order valence-corrected chi connectivity index (χ3v) is 3.69. The van der Waals surface area contributed by atoms with Gasteiger partial charge in [-0.25, -0.2) is 4.98 Å². The maximum Gasteiger partial charge on any atom is 0.127 e. The molecule has 0 saturated carbocycles. The third-order valence-electron chi connectivity index (χ3n) is 3.69. The zero-order valence-electron chi connectivity index (χ0n) is 13.1. The van der Waals surface area contributed by atoms with Crippen molar-refractivity contribution >= 4 is 0 Å². The van der Waals surface area contributed by atoms with E-state index >= 15 is 0 Å². The summed E-state index contributed by atoms with van der Waals surface area (Å²) in [5, 5.41) is 3.35. The summed E-state index contributed by atoms with van der Waals surface area (Å²) in [4.78, 5) is 4.45.